The largest absolute Gasteiger partial charge is 0.297 e. The Bertz CT molecular complexity index is 357. The number of rotatable bonds is 1. The SMILES string of the molecule is O=[N+]([O-])C1=CC(=NBr)C=CC1=NBr. The van der Waals surface area contributed by atoms with Gasteiger partial charge in [-0.3, -0.25) is 10.1 Å². The molecule has 0 atom stereocenters. The molecule has 0 aliphatic heterocycles. The summed E-state index contributed by atoms with van der Waals surface area (Å²) in [5.74, 6) is 0. The molecule has 0 saturated carbocycles. The molecule has 0 aromatic heterocycles. The lowest BCUT2D eigenvalue weighted by Crippen LogP contribution is -2.14. The van der Waals surface area contributed by atoms with E-state index in [-0.39, 0.29) is 11.4 Å². The normalized spacial score (nSPS) is 22.2. The summed E-state index contributed by atoms with van der Waals surface area (Å²) < 4.78 is 7.22. The van der Waals surface area contributed by atoms with Gasteiger partial charge in [0.2, 0.25) is 0 Å². The Morgan fingerprint density at radius 3 is 2.46 bits per heavy atom. The molecular formula is C6H3Br2N3O2. The second kappa shape index (κ2) is 4.43. The summed E-state index contributed by atoms with van der Waals surface area (Å²) in [6, 6.07) is 0. The molecule has 0 spiro atoms. The molecule has 0 radical (unpaired) electrons. The Kier molecular flexibility index (Phi) is 3.49. The van der Waals surface area contributed by atoms with E-state index < -0.39 is 4.92 Å². The third-order valence-corrected chi connectivity index (χ3v) is 2.14. The number of nitro groups is 1. The first-order valence-electron chi connectivity index (χ1n) is 3.11. The Hall–Kier alpha value is -0.820. The average molecular weight is 309 g/mol. The van der Waals surface area contributed by atoms with Crippen LogP contribution >= 0.6 is 32.3 Å². The van der Waals surface area contributed by atoms with Gasteiger partial charge in [-0.1, -0.05) is 0 Å². The summed E-state index contributed by atoms with van der Waals surface area (Å²) in [5.41, 5.74) is 0.661. The number of allylic oxidation sites excluding steroid dienone is 3. The minimum absolute atomic E-state index is 0.0856. The molecular weight excluding hydrogens is 306 g/mol. The molecule has 0 N–H and O–H groups in total. The average Bonchev–Trinajstić information content (AvgIpc) is 2.16. The molecule has 5 nitrogen and oxygen atoms in total. The van der Waals surface area contributed by atoms with Crippen molar-refractivity contribution in [3.05, 3.63) is 34.0 Å². The highest BCUT2D eigenvalue weighted by Crippen LogP contribution is 2.11. The zero-order valence-corrected chi connectivity index (χ0v) is 9.32. The van der Waals surface area contributed by atoms with Crippen LogP contribution < -0.4 is 0 Å². The number of nitrogens with zero attached hydrogens (tertiary/aromatic N) is 3. The first-order valence-corrected chi connectivity index (χ1v) is 4.53. The van der Waals surface area contributed by atoms with Crippen molar-refractivity contribution in [2.24, 2.45) is 8.04 Å². The molecule has 0 fully saturated rings. The fourth-order valence-electron chi connectivity index (χ4n) is 0.782. The van der Waals surface area contributed by atoms with Gasteiger partial charge in [-0.15, -0.1) is 0 Å². The van der Waals surface area contributed by atoms with Crippen molar-refractivity contribution in [1.82, 2.24) is 0 Å². The van der Waals surface area contributed by atoms with Crippen LogP contribution in [-0.4, -0.2) is 16.3 Å². The fourth-order valence-corrected chi connectivity index (χ4v) is 1.30. The van der Waals surface area contributed by atoms with Gasteiger partial charge in [-0.25, -0.2) is 8.04 Å². The van der Waals surface area contributed by atoms with Crippen LogP contribution in [0.2, 0.25) is 0 Å². The monoisotopic (exact) mass is 307 g/mol. The van der Waals surface area contributed by atoms with Crippen molar-refractivity contribution in [1.29, 1.82) is 0 Å². The maximum atomic E-state index is 10.5. The molecule has 0 bridgehead atoms. The minimum atomic E-state index is -0.512. The second-order valence-electron chi connectivity index (χ2n) is 2.10. The summed E-state index contributed by atoms with van der Waals surface area (Å²) in [6.07, 6.45) is 4.45. The Balaban J connectivity index is 3.13. The van der Waals surface area contributed by atoms with Crippen LogP contribution in [0.4, 0.5) is 0 Å². The van der Waals surface area contributed by atoms with Gasteiger partial charge in [0.15, 0.2) is 0 Å². The summed E-state index contributed by atoms with van der Waals surface area (Å²) in [6.45, 7) is 0. The molecule has 0 heterocycles. The molecule has 0 aromatic carbocycles. The number of halogens is 2. The van der Waals surface area contributed by atoms with Gasteiger partial charge < -0.3 is 0 Å². The molecule has 0 amide bonds. The molecule has 1 rings (SSSR count). The minimum Gasteiger partial charge on any atom is -0.258 e. The zero-order chi connectivity index (χ0) is 9.84. The van der Waals surface area contributed by atoms with E-state index in [1.807, 2.05) is 0 Å². The van der Waals surface area contributed by atoms with Gasteiger partial charge in [0.1, 0.15) is 5.71 Å². The van der Waals surface area contributed by atoms with Crippen LogP contribution in [0.3, 0.4) is 0 Å². The molecule has 68 valence electrons. The number of hydrogen-bond acceptors (Lipinski definition) is 4. The van der Waals surface area contributed by atoms with Crippen molar-refractivity contribution in [2.45, 2.75) is 0 Å². The molecule has 1 aliphatic carbocycles. The third kappa shape index (κ3) is 2.31. The molecule has 0 aromatic rings. The van der Waals surface area contributed by atoms with E-state index in [1.165, 1.54) is 12.2 Å². The van der Waals surface area contributed by atoms with Crippen molar-refractivity contribution in [3.63, 3.8) is 0 Å². The third-order valence-electron chi connectivity index (χ3n) is 1.34. The maximum Gasteiger partial charge on any atom is 0.297 e. The van der Waals surface area contributed by atoms with Crippen molar-refractivity contribution in [3.8, 4) is 0 Å². The summed E-state index contributed by atoms with van der Waals surface area (Å²) in [7, 11) is 0. The lowest BCUT2D eigenvalue weighted by molar-refractivity contribution is -0.414. The van der Waals surface area contributed by atoms with Crippen molar-refractivity contribution < 1.29 is 4.92 Å². The first kappa shape index (κ1) is 10.3. The predicted octanol–water partition coefficient (Wildman–Crippen LogP) is 2.22. The Labute approximate surface area is 90.8 Å². The van der Waals surface area contributed by atoms with E-state index in [4.69, 9.17) is 0 Å². The molecule has 1 aliphatic rings. The topological polar surface area (TPSA) is 67.9 Å². The van der Waals surface area contributed by atoms with Gasteiger partial charge in [0, 0.05) is 6.08 Å². The first-order chi connectivity index (χ1) is 6.19. The fraction of sp³-hybridized carbons (Fsp3) is 0. The van der Waals surface area contributed by atoms with Crippen LogP contribution in [0.15, 0.2) is 32.0 Å². The van der Waals surface area contributed by atoms with Crippen LogP contribution in [0.5, 0.6) is 0 Å². The van der Waals surface area contributed by atoms with Crippen molar-refractivity contribution in [2.75, 3.05) is 0 Å². The lowest BCUT2D eigenvalue weighted by Gasteiger charge is -2.01. The van der Waals surface area contributed by atoms with Crippen molar-refractivity contribution >= 4 is 43.7 Å². The van der Waals surface area contributed by atoms with Gasteiger partial charge in [0.05, 0.1) is 42.9 Å². The summed E-state index contributed by atoms with van der Waals surface area (Å²) in [4.78, 5) is 10.0. The highest BCUT2D eigenvalue weighted by Gasteiger charge is 2.20. The maximum absolute atomic E-state index is 10.5. The van der Waals surface area contributed by atoms with E-state index in [2.05, 4.69) is 40.3 Å². The Morgan fingerprint density at radius 2 is 2.00 bits per heavy atom. The standard InChI is InChI=1S/C6H3Br2N3O2/c7-9-4-1-2-5(10-8)6(3-4)11(12)13/h1-3H. The zero-order valence-electron chi connectivity index (χ0n) is 6.15. The van der Waals surface area contributed by atoms with E-state index in [0.29, 0.717) is 5.71 Å². The quantitative estimate of drug-likeness (QED) is 0.423. The van der Waals surface area contributed by atoms with E-state index in [0.717, 1.165) is 0 Å². The smallest absolute Gasteiger partial charge is 0.258 e. The number of hydrogen-bond donors (Lipinski definition) is 0. The van der Waals surface area contributed by atoms with Crippen LogP contribution in [-0.2, 0) is 0 Å². The Morgan fingerprint density at radius 1 is 1.31 bits per heavy atom. The summed E-state index contributed by atoms with van der Waals surface area (Å²) >= 11 is 5.65. The molecule has 13 heavy (non-hydrogen) atoms. The van der Waals surface area contributed by atoms with Crippen LogP contribution in [0, 0.1) is 10.1 Å². The molecule has 7 heteroatoms. The predicted molar refractivity (Wildman–Crippen MR) is 56.9 cm³/mol. The van der Waals surface area contributed by atoms with Gasteiger partial charge in [-0.2, -0.15) is 0 Å². The molecule has 0 unspecified atom stereocenters. The lowest BCUT2D eigenvalue weighted by atomic mass is 10.1. The van der Waals surface area contributed by atoms with Gasteiger partial charge >= 0.3 is 0 Å². The van der Waals surface area contributed by atoms with Gasteiger partial charge in [-0.05, 0) is 12.2 Å². The summed E-state index contributed by atoms with van der Waals surface area (Å²) in [5, 5.41) is 10.5. The molecule has 0 saturated heterocycles. The highest BCUT2D eigenvalue weighted by molar-refractivity contribution is 9.08. The van der Waals surface area contributed by atoms with E-state index in [9.17, 15) is 10.1 Å². The van der Waals surface area contributed by atoms with E-state index in [1.54, 1.807) is 6.08 Å². The van der Waals surface area contributed by atoms with Crippen LogP contribution in [0.25, 0.3) is 0 Å². The highest BCUT2D eigenvalue weighted by atomic mass is 79.9. The van der Waals surface area contributed by atoms with Crippen LogP contribution in [0.1, 0.15) is 0 Å². The van der Waals surface area contributed by atoms with E-state index >= 15 is 0 Å². The van der Waals surface area contributed by atoms with Gasteiger partial charge in [0.25, 0.3) is 5.70 Å². The second-order valence-corrected chi connectivity index (χ2v) is 2.81.